The Morgan fingerprint density at radius 2 is 0.692 bits per heavy atom. The molecule has 12 heterocycles. The Morgan fingerprint density at radius 3 is 1.04 bits per heavy atom. The van der Waals surface area contributed by atoms with Crippen molar-refractivity contribution in [3.05, 3.63) is 339 Å². The fourth-order valence-electron chi connectivity index (χ4n) is 13.2. The molecule has 0 unspecified atom stereocenters. The molecule has 0 atom stereocenters. The molecule has 0 saturated carbocycles. The number of alkyl halides is 3. The largest absolute Gasteiger partial charge is 0.570 e. The van der Waals surface area contributed by atoms with Crippen LogP contribution in [0.25, 0.3) is 161 Å². The van der Waals surface area contributed by atoms with E-state index in [0.29, 0.717) is 5.69 Å². The van der Waals surface area contributed by atoms with Crippen LogP contribution in [0, 0.1) is 25.1 Å². The predicted octanol–water partition coefficient (Wildman–Crippen LogP) is 21.8. The SMILES string of the molecule is C[n+]1ccccc1-c1cc(C(C)(C)C)n[n-]1.C[n+]1ccccc1-c1nc(C(F)(F)F)n[n-]1.Cc1cc(-c2cccc[n+]2C)[n-]n1.[Ir].[Ir].[Ir].[c-]1cc2c(cc1-c1ccc3ccccc3n1)sc1ccccc12.[c-]1cc2c(cc1-c1ccc3ccccc3n1)sc1ccccc12.[c-]1cc2c(cc1-c1ccc3ccccc3n1)sc1ccccc12. The van der Waals surface area contributed by atoms with E-state index in [1.165, 1.54) is 76.7 Å². The van der Waals surface area contributed by atoms with Crippen LogP contribution in [-0.4, -0.2) is 35.2 Å². The van der Waals surface area contributed by atoms with Crippen LogP contribution < -0.4 is 29.0 Å². The summed E-state index contributed by atoms with van der Waals surface area (Å²) in [5.74, 6) is -1.25. The van der Waals surface area contributed by atoms with Gasteiger partial charge in [-0.25, -0.2) is 13.7 Å². The summed E-state index contributed by atoms with van der Waals surface area (Å²) in [6.45, 7) is 8.38. The number of hydrogen-bond donors (Lipinski definition) is 0. The minimum atomic E-state index is -4.56. The fraction of sp³-hybridized carbons (Fsp3) is 0.0947. The van der Waals surface area contributed by atoms with Crippen molar-refractivity contribution in [2.45, 2.75) is 39.3 Å². The summed E-state index contributed by atoms with van der Waals surface area (Å²) >= 11 is 5.48. The molecule has 9 aromatic carbocycles. The molecule has 21 aromatic rings. The number of para-hydroxylation sites is 3. The standard InChI is InChI=1S/3C21H12NS.C13H17N3.C10H11N3.C9H7F3N4.3Ir/c3*1-3-7-18-14(5-1)10-12-19(22-18)15-9-11-17-16-6-2-4-8-20(16)23-21(17)13-15;1-13(2,3)12-9-10(14-15-12)11-7-5-6-8-16(11)4;1-8-7-9(12-11-8)10-5-3-4-6-13(10)2;1-16-5-3-2-4-6(16)7-13-8(15-14-7)9(10,11)12;;;/h3*1-8,10-13H;5-9H,1-4H3;3-7H,1-2H3;2-5H,1H3;;;/q3*-1;;;;;;. The quantitative estimate of drug-likeness (QED) is 0.117. The number of benzene rings is 9. The Kier molecular flexibility index (Phi) is 26.3. The van der Waals surface area contributed by atoms with Gasteiger partial charge in [0.1, 0.15) is 27.0 Å². The van der Waals surface area contributed by atoms with Crippen LogP contribution in [0.5, 0.6) is 0 Å². The summed E-state index contributed by atoms with van der Waals surface area (Å²) in [5.41, 5.74) is 15.7. The van der Waals surface area contributed by atoms with E-state index in [-0.39, 0.29) is 71.6 Å². The first-order valence-electron chi connectivity index (χ1n) is 36.7. The molecule has 0 amide bonds. The molecule has 117 heavy (non-hydrogen) atoms. The third-order valence-corrected chi connectivity index (χ3v) is 22.5. The molecule has 0 spiro atoms. The van der Waals surface area contributed by atoms with E-state index in [1.807, 2.05) is 145 Å². The van der Waals surface area contributed by atoms with E-state index in [2.05, 4.69) is 273 Å². The van der Waals surface area contributed by atoms with Crippen LogP contribution in [0.4, 0.5) is 13.2 Å². The second-order valence-corrected chi connectivity index (χ2v) is 31.4. The summed E-state index contributed by atoms with van der Waals surface area (Å²) in [6, 6.07) is 107. The number of halogens is 3. The second kappa shape index (κ2) is 36.8. The third kappa shape index (κ3) is 19.0. The van der Waals surface area contributed by atoms with Gasteiger partial charge in [-0.15, -0.1) is 71.3 Å². The molecule has 21 rings (SSSR count). The van der Waals surface area contributed by atoms with Crippen molar-refractivity contribution in [2.24, 2.45) is 21.1 Å². The Bertz CT molecular complexity index is 6500. The number of aromatic nitrogens is 13. The van der Waals surface area contributed by atoms with E-state index in [0.717, 1.165) is 84.5 Å². The molecular weight excluding hydrogens is 2050 g/mol. The van der Waals surface area contributed by atoms with E-state index < -0.39 is 12.0 Å². The number of fused-ring (bicyclic) bond motifs is 12. The van der Waals surface area contributed by atoms with Gasteiger partial charge in [0.2, 0.25) is 5.69 Å². The van der Waals surface area contributed by atoms with E-state index >= 15 is 0 Å². The van der Waals surface area contributed by atoms with Gasteiger partial charge in [0, 0.05) is 133 Å². The van der Waals surface area contributed by atoms with Gasteiger partial charge in [-0.05, 0) is 149 Å². The first-order chi connectivity index (χ1) is 55.4. The first-order valence-corrected chi connectivity index (χ1v) is 39.2. The number of thiophene rings is 3. The number of pyridine rings is 6. The van der Waals surface area contributed by atoms with Crippen LogP contribution in [0.3, 0.4) is 0 Å². The monoisotopic (exact) mass is 2130 g/mol. The minimum Gasteiger partial charge on any atom is -0.570 e. The summed E-state index contributed by atoms with van der Waals surface area (Å²) in [4.78, 5) is 17.7. The Morgan fingerprint density at radius 1 is 0.342 bits per heavy atom. The number of aryl methyl sites for hydroxylation is 4. The number of nitrogens with zero attached hydrogens (tertiary/aromatic N) is 13. The molecule has 0 aliphatic heterocycles. The molecule has 0 aliphatic carbocycles. The molecule has 0 N–H and O–H groups in total. The van der Waals surface area contributed by atoms with E-state index in [1.54, 1.807) is 36.0 Å². The third-order valence-electron chi connectivity index (χ3n) is 19.1. The maximum atomic E-state index is 12.2. The van der Waals surface area contributed by atoms with Gasteiger partial charge in [0.05, 0.1) is 16.6 Å². The molecule has 0 aliphatic rings. The Balaban J connectivity index is 0.000000123. The normalized spacial score (nSPS) is 11.1. The van der Waals surface area contributed by atoms with Gasteiger partial charge in [0.25, 0.3) is 0 Å². The van der Waals surface area contributed by atoms with Crippen LogP contribution in [0.2, 0.25) is 0 Å². The van der Waals surface area contributed by atoms with Crippen molar-refractivity contribution in [2.75, 3.05) is 0 Å². The van der Waals surface area contributed by atoms with Crippen LogP contribution in [0.1, 0.15) is 38.0 Å². The first kappa shape index (κ1) is 83.6. The molecule has 22 heteroatoms. The molecule has 585 valence electrons. The zero-order valence-electron chi connectivity index (χ0n) is 64.0. The zero-order chi connectivity index (χ0) is 78.5. The maximum absolute atomic E-state index is 12.2. The topological polar surface area (TPSA) is 144 Å². The molecule has 3 radical (unpaired) electrons. The molecule has 0 saturated heterocycles. The zero-order valence-corrected chi connectivity index (χ0v) is 73.7. The Hall–Kier alpha value is -11.4. The fourth-order valence-corrected chi connectivity index (χ4v) is 16.6. The van der Waals surface area contributed by atoms with Crippen molar-refractivity contribution in [1.29, 1.82) is 0 Å². The molecule has 0 bridgehead atoms. The summed E-state index contributed by atoms with van der Waals surface area (Å²) in [6.07, 6.45) is 1.15. The smallest absolute Gasteiger partial charge is 0.429 e. The van der Waals surface area contributed by atoms with Crippen molar-refractivity contribution < 1.29 is 87.2 Å². The summed E-state index contributed by atoms with van der Waals surface area (Å²) in [7, 11) is 5.71. The average Bonchev–Trinajstić information content (AvgIpc) is 1.66. The van der Waals surface area contributed by atoms with Gasteiger partial charge in [0.15, 0.2) is 30.0 Å². The van der Waals surface area contributed by atoms with Crippen LogP contribution >= 0.6 is 34.0 Å². The predicted molar refractivity (Wildman–Crippen MR) is 455 cm³/mol. The van der Waals surface area contributed by atoms with Crippen molar-refractivity contribution >= 4 is 127 Å². The molecular formula is C95H71F3Ir3N13S3-3. The second-order valence-electron chi connectivity index (χ2n) is 28.1. The van der Waals surface area contributed by atoms with Gasteiger partial charge >= 0.3 is 6.18 Å². The number of rotatable bonds is 6. The summed E-state index contributed by atoms with van der Waals surface area (Å²) in [5, 5.41) is 34.2. The van der Waals surface area contributed by atoms with E-state index in [9.17, 15) is 13.2 Å². The van der Waals surface area contributed by atoms with Crippen molar-refractivity contribution in [3.8, 4) is 68.1 Å². The van der Waals surface area contributed by atoms with Gasteiger partial charge < -0.3 is 30.5 Å². The summed E-state index contributed by atoms with van der Waals surface area (Å²) < 4.78 is 50.3. The van der Waals surface area contributed by atoms with Gasteiger partial charge in [-0.3, -0.25) is 20.1 Å². The van der Waals surface area contributed by atoms with Crippen molar-refractivity contribution in [3.63, 3.8) is 0 Å². The van der Waals surface area contributed by atoms with Crippen LogP contribution in [0.15, 0.2) is 304 Å². The molecule has 12 aromatic heterocycles. The molecule has 13 nitrogen and oxygen atoms in total. The van der Waals surface area contributed by atoms with Crippen molar-refractivity contribution in [1.82, 2.24) is 50.5 Å². The average molecular weight is 2120 g/mol. The maximum Gasteiger partial charge on any atom is 0.429 e. The van der Waals surface area contributed by atoms with Gasteiger partial charge in [-0.2, -0.15) is 47.2 Å². The van der Waals surface area contributed by atoms with Gasteiger partial charge in [-0.1, -0.05) is 183 Å². The Labute approximate surface area is 726 Å². The van der Waals surface area contributed by atoms with Crippen LogP contribution in [-0.2, 0) is 93.1 Å². The van der Waals surface area contributed by atoms with E-state index in [4.69, 9.17) is 15.0 Å². The number of hydrogen-bond acceptors (Lipinski definition) is 10. The minimum absolute atomic E-state index is 0. The molecule has 0 fully saturated rings.